The van der Waals surface area contributed by atoms with Gasteiger partial charge >= 0.3 is 0 Å². The molecule has 0 bridgehead atoms. The molecular weight excluding hydrogens is 322 g/mol. The third-order valence-corrected chi connectivity index (χ3v) is 3.71. The fourth-order valence-electron chi connectivity index (χ4n) is 1.87. The quantitative estimate of drug-likeness (QED) is 0.443. The van der Waals surface area contributed by atoms with Gasteiger partial charge in [-0.25, -0.2) is 0 Å². The highest BCUT2D eigenvalue weighted by Gasteiger charge is 2.04. The average Bonchev–Trinajstić information content (AvgIpc) is 2.78. The number of hydrogen-bond acceptors (Lipinski definition) is 2. The van der Waals surface area contributed by atoms with Gasteiger partial charge in [-0.3, -0.25) is 0 Å². The number of ether oxygens (including phenoxy) is 1. The minimum Gasteiger partial charge on any atom is -1.00 e. The summed E-state index contributed by atoms with van der Waals surface area (Å²) in [5, 5.41) is 4.33. The van der Waals surface area contributed by atoms with Gasteiger partial charge in [0.2, 0.25) is 0 Å². The van der Waals surface area contributed by atoms with Crippen molar-refractivity contribution in [2.75, 3.05) is 40.9 Å². The molecule has 1 aromatic rings. The third kappa shape index (κ3) is 11.6. The second-order valence-corrected chi connectivity index (χ2v) is 6.70. The SMILES string of the molecule is C[N+](C)(C)CCCCCCOCCc1ccsc1.[Br-]. The monoisotopic (exact) mass is 349 g/mol. The van der Waals surface area contributed by atoms with Crippen molar-refractivity contribution in [3.8, 4) is 0 Å². The van der Waals surface area contributed by atoms with Gasteiger partial charge in [0.1, 0.15) is 0 Å². The summed E-state index contributed by atoms with van der Waals surface area (Å²) in [5.74, 6) is 0. The van der Waals surface area contributed by atoms with E-state index in [1.165, 1.54) is 37.8 Å². The zero-order chi connectivity index (χ0) is 13.3. The highest BCUT2D eigenvalue weighted by atomic mass is 79.9. The second-order valence-electron chi connectivity index (χ2n) is 5.92. The van der Waals surface area contributed by atoms with Crippen LogP contribution in [0.25, 0.3) is 0 Å². The first-order valence-electron chi connectivity index (χ1n) is 6.97. The zero-order valence-corrected chi connectivity index (χ0v) is 14.9. The first-order chi connectivity index (χ1) is 8.58. The lowest BCUT2D eigenvalue weighted by Gasteiger charge is -2.23. The lowest BCUT2D eigenvalue weighted by molar-refractivity contribution is -0.870. The maximum atomic E-state index is 5.66. The Bertz CT molecular complexity index is 296. The van der Waals surface area contributed by atoms with Gasteiger partial charge in [-0.05, 0) is 48.1 Å². The molecule has 0 amide bonds. The van der Waals surface area contributed by atoms with Crippen LogP contribution >= 0.6 is 11.3 Å². The van der Waals surface area contributed by atoms with E-state index >= 15 is 0 Å². The Labute approximate surface area is 133 Å². The molecule has 0 saturated carbocycles. The van der Waals surface area contributed by atoms with E-state index in [0.717, 1.165) is 24.1 Å². The van der Waals surface area contributed by atoms with E-state index in [1.54, 1.807) is 11.3 Å². The van der Waals surface area contributed by atoms with Crippen LogP contribution in [0.1, 0.15) is 31.2 Å². The number of quaternary nitrogens is 1. The van der Waals surface area contributed by atoms with Crippen molar-refractivity contribution in [1.29, 1.82) is 0 Å². The molecule has 1 aromatic heterocycles. The first kappa shape index (κ1) is 19.1. The number of halogens is 1. The normalized spacial score (nSPS) is 11.3. The van der Waals surface area contributed by atoms with Crippen molar-refractivity contribution in [2.45, 2.75) is 32.1 Å². The van der Waals surface area contributed by atoms with Gasteiger partial charge in [0.15, 0.2) is 0 Å². The van der Waals surface area contributed by atoms with Crippen LogP contribution in [0.15, 0.2) is 16.8 Å². The maximum Gasteiger partial charge on any atom is 0.0780 e. The average molecular weight is 350 g/mol. The Balaban J connectivity index is 0.00000324. The van der Waals surface area contributed by atoms with E-state index in [1.807, 2.05) is 0 Å². The van der Waals surface area contributed by atoms with Gasteiger partial charge in [-0.15, -0.1) is 0 Å². The van der Waals surface area contributed by atoms with Crippen molar-refractivity contribution in [2.24, 2.45) is 0 Å². The van der Waals surface area contributed by atoms with Crippen LogP contribution in [0.4, 0.5) is 0 Å². The predicted octanol–water partition coefficient (Wildman–Crippen LogP) is 0.578. The Morgan fingerprint density at radius 1 is 1.05 bits per heavy atom. The summed E-state index contributed by atoms with van der Waals surface area (Å²) in [6.07, 6.45) is 6.24. The van der Waals surface area contributed by atoms with E-state index < -0.39 is 0 Å². The summed E-state index contributed by atoms with van der Waals surface area (Å²) in [6, 6.07) is 2.18. The van der Waals surface area contributed by atoms with Crippen LogP contribution in [-0.4, -0.2) is 45.4 Å². The molecule has 0 aliphatic rings. The Hall–Kier alpha value is 0.100. The topological polar surface area (TPSA) is 9.23 Å². The van der Waals surface area contributed by atoms with Crippen LogP contribution in [0, 0.1) is 0 Å². The molecule has 1 rings (SSSR count). The molecule has 0 N–H and O–H groups in total. The van der Waals surface area contributed by atoms with Crippen LogP contribution in [0.3, 0.4) is 0 Å². The Morgan fingerprint density at radius 3 is 2.42 bits per heavy atom. The summed E-state index contributed by atoms with van der Waals surface area (Å²) >= 11 is 1.76. The molecule has 1 heterocycles. The van der Waals surface area contributed by atoms with E-state index in [2.05, 4.69) is 38.0 Å². The molecule has 0 atom stereocenters. The van der Waals surface area contributed by atoms with Crippen molar-refractivity contribution in [1.82, 2.24) is 0 Å². The van der Waals surface area contributed by atoms with E-state index in [-0.39, 0.29) is 17.0 Å². The fourth-order valence-corrected chi connectivity index (χ4v) is 2.57. The van der Waals surface area contributed by atoms with Crippen molar-refractivity contribution in [3.05, 3.63) is 22.4 Å². The number of nitrogens with zero attached hydrogens (tertiary/aromatic N) is 1. The number of rotatable bonds is 10. The van der Waals surface area contributed by atoms with Gasteiger partial charge < -0.3 is 26.2 Å². The third-order valence-electron chi connectivity index (χ3n) is 2.98. The molecule has 0 saturated heterocycles. The number of thiophene rings is 1. The zero-order valence-electron chi connectivity index (χ0n) is 12.5. The molecular formula is C15H28BrNOS. The van der Waals surface area contributed by atoms with E-state index in [9.17, 15) is 0 Å². The number of hydrogen-bond donors (Lipinski definition) is 0. The van der Waals surface area contributed by atoms with Gasteiger partial charge in [-0.1, -0.05) is 6.42 Å². The van der Waals surface area contributed by atoms with Crippen LogP contribution in [-0.2, 0) is 11.2 Å². The standard InChI is InChI=1S/C15H28NOS.BrH/c1-16(2,3)10-6-4-5-7-11-17-12-8-15-9-13-18-14-15;/h9,13-14H,4-8,10-12H2,1-3H3;1H/q+1;/p-1. The summed E-state index contributed by atoms with van der Waals surface area (Å²) in [6.45, 7) is 3.07. The summed E-state index contributed by atoms with van der Waals surface area (Å²) < 4.78 is 6.74. The lowest BCUT2D eigenvalue weighted by atomic mass is 10.2. The van der Waals surface area contributed by atoms with Crippen LogP contribution in [0.2, 0.25) is 0 Å². The highest BCUT2D eigenvalue weighted by molar-refractivity contribution is 7.07. The fraction of sp³-hybridized carbons (Fsp3) is 0.733. The number of unbranched alkanes of at least 4 members (excludes halogenated alkanes) is 3. The summed E-state index contributed by atoms with van der Waals surface area (Å²) in [5.41, 5.74) is 1.41. The molecule has 2 nitrogen and oxygen atoms in total. The van der Waals surface area contributed by atoms with Gasteiger partial charge in [0.25, 0.3) is 0 Å². The summed E-state index contributed by atoms with van der Waals surface area (Å²) in [4.78, 5) is 0. The molecule has 112 valence electrons. The predicted molar refractivity (Wildman–Crippen MR) is 80.2 cm³/mol. The minimum absolute atomic E-state index is 0. The molecule has 0 fully saturated rings. The maximum absolute atomic E-state index is 5.66. The molecule has 0 aliphatic heterocycles. The lowest BCUT2D eigenvalue weighted by Crippen LogP contribution is -3.00. The minimum atomic E-state index is 0. The van der Waals surface area contributed by atoms with Crippen molar-refractivity contribution in [3.63, 3.8) is 0 Å². The smallest absolute Gasteiger partial charge is 0.0780 e. The van der Waals surface area contributed by atoms with E-state index in [0.29, 0.717) is 0 Å². The van der Waals surface area contributed by atoms with E-state index in [4.69, 9.17) is 4.74 Å². The first-order valence-corrected chi connectivity index (χ1v) is 7.91. The molecule has 0 aliphatic carbocycles. The molecule has 0 radical (unpaired) electrons. The van der Waals surface area contributed by atoms with Crippen molar-refractivity contribution >= 4 is 11.3 Å². The van der Waals surface area contributed by atoms with Crippen LogP contribution in [0.5, 0.6) is 0 Å². The van der Waals surface area contributed by atoms with Gasteiger partial charge in [-0.2, -0.15) is 11.3 Å². The summed E-state index contributed by atoms with van der Waals surface area (Å²) in [7, 11) is 6.77. The molecule has 4 heteroatoms. The molecule has 19 heavy (non-hydrogen) atoms. The Morgan fingerprint density at radius 2 is 1.79 bits per heavy atom. The Kier molecular flexibility index (Phi) is 10.9. The molecule has 0 unspecified atom stereocenters. The highest BCUT2D eigenvalue weighted by Crippen LogP contribution is 2.07. The second kappa shape index (κ2) is 10.8. The van der Waals surface area contributed by atoms with Crippen molar-refractivity contribution < 1.29 is 26.2 Å². The van der Waals surface area contributed by atoms with Gasteiger partial charge in [0.05, 0.1) is 34.3 Å². The largest absolute Gasteiger partial charge is 1.00 e. The van der Waals surface area contributed by atoms with Gasteiger partial charge in [0, 0.05) is 6.61 Å². The molecule has 0 spiro atoms. The molecule has 0 aromatic carbocycles. The van der Waals surface area contributed by atoms with Crippen LogP contribution < -0.4 is 17.0 Å².